The number of anilines is 2. The quantitative estimate of drug-likeness (QED) is 0.878. The van der Waals surface area contributed by atoms with Crippen LogP contribution in [0.5, 0.6) is 0 Å². The van der Waals surface area contributed by atoms with Gasteiger partial charge in [-0.1, -0.05) is 0 Å². The SMILES string of the molecule is Cc1cc(NC(=O)C2(O)CCSCC2)cnc1N1CCCC[C@H]1C. The number of thioether (sulfide) groups is 1. The Morgan fingerprint density at radius 2 is 2.17 bits per heavy atom. The number of piperidine rings is 1. The fourth-order valence-electron chi connectivity index (χ4n) is 3.53. The van der Waals surface area contributed by atoms with Crippen molar-refractivity contribution in [1.29, 1.82) is 0 Å². The lowest BCUT2D eigenvalue weighted by Gasteiger charge is -2.35. The molecule has 3 rings (SSSR count). The van der Waals surface area contributed by atoms with Gasteiger partial charge in [0.1, 0.15) is 11.4 Å². The highest BCUT2D eigenvalue weighted by Crippen LogP contribution is 2.30. The van der Waals surface area contributed by atoms with Crippen molar-refractivity contribution < 1.29 is 9.90 Å². The Bertz CT molecular complexity index is 602. The summed E-state index contributed by atoms with van der Waals surface area (Å²) in [5.74, 6) is 2.36. The van der Waals surface area contributed by atoms with E-state index in [4.69, 9.17) is 0 Å². The minimum atomic E-state index is -1.24. The second-order valence-electron chi connectivity index (χ2n) is 7.00. The Labute approximate surface area is 148 Å². The van der Waals surface area contributed by atoms with Crippen molar-refractivity contribution in [3.8, 4) is 0 Å². The number of carbonyl (C=O) groups excluding carboxylic acids is 1. The number of aliphatic hydroxyl groups is 1. The summed E-state index contributed by atoms with van der Waals surface area (Å²) < 4.78 is 0. The van der Waals surface area contributed by atoms with Crippen molar-refractivity contribution in [2.45, 2.75) is 57.6 Å². The van der Waals surface area contributed by atoms with Gasteiger partial charge >= 0.3 is 0 Å². The van der Waals surface area contributed by atoms with Crippen LogP contribution in [0.15, 0.2) is 12.3 Å². The molecule has 0 radical (unpaired) electrons. The van der Waals surface area contributed by atoms with Gasteiger partial charge in [-0.25, -0.2) is 4.98 Å². The molecule has 6 heteroatoms. The maximum atomic E-state index is 12.4. The van der Waals surface area contributed by atoms with E-state index in [-0.39, 0.29) is 5.91 Å². The van der Waals surface area contributed by atoms with E-state index < -0.39 is 5.60 Å². The number of nitrogens with zero attached hydrogens (tertiary/aromatic N) is 2. The third-order valence-electron chi connectivity index (χ3n) is 5.13. The minimum absolute atomic E-state index is 0.303. The van der Waals surface area contributed by atoms with Crippen molar-refractivity contribution in [2.75, 3.05) is 28.3 Å². The molecule has 0 saturated carbocycles. The molecular weight excluding hydrogens is 322 g/mol. The van der Waals surface area contributed by atoms with Crippen LogP contribution in [0.25, 0.3) is 0 Å². The van der Waals surface area contributed by atoms with Crippen LogP contribution in [-0.2, 0) is 4.79 Å². The van der Waals surface area contributed by atoms with E-state index in [1.54, 1.807) is 18.0 Å². The summed E-state index contributed by atoms with van der Waals surface area (Å²) in [7, 11) is 0. The molecule has 132 valence electrons. The van der Waals surface area contributed by atoms with Crippen LogP contribution in [0.3, 0.4) is 0 Å². The number of pyridine rings is 1. The van der Waals surface area contributed by atoms with E-state index in [0.29, 0.717) is 24.6 Å². The average molecular weight is 350 g/mol. The first-order valence-electron chi connectivity index (χ1n) is 8.84. The van der Waals surface area contributed by atoms with Crippen LogP contribution in [0.4, 0.5) is 11.5 Å². The van der Waals surface area contributed by atoms with Crippen LogP contribution in [0.2, 0.25) is 0 Å². The summed E-state index contributed by atoms with van der Waals surface area (Å²) in [6.07, 6.45) is 6.42. The largest absolute Gasteiger partial charge is 0.380 e. The molecule has 0 aliphatic carbocycles. The summed E-state index contributed by atoms with van der Waals surface area (Å²) in [6.45, 7) is 5.32. The zero-order chi connectivity index (χ0) is 17.2. The Hall–Kier alpha value is -1.27. The van der Waals surface area contributed by atoms with Crippen molar-refractivity contribution in [2.24, 2.45) is 0 Å². The molecule has 2 N–H and O–H groups in total. The van der Waals surface area contributed by atoms with E-state index in [9.17, 15) is 9.90 Å². The van der Waals surface area contributed by atoms with E-state index in [1.165, 1.54) is 19.3 Å². The molecule has 1 aromatic rings. The fourth-order valence-corrected chi connectivity index (χ4v) is 4.70. The van der Waals surface area contributed by atoms with E-state index in [2.05, 4.69) is 22.1 Å². The van der Waals surface area contributed by atoms with Crippen molar-refractivity contribution in [3.05, 3.63) is 17.8 Å². The van der Waals surface area contributed by atoms with Gasteiger partial charge in [-0.05, 0) is 69.1 Å². The molecule has 24 heavy (non-hydrogen) atoms. The summed E-state index contributed by atoms with van der Waals surface area (Å²) in [4.78, 5) is 19.4. The molecule has 1 aromatic heterocycles. The highest BCUT2D eigenvalue weighted by atomic mass is 32.2. The lowest BCUT2D eigenvalue weighted by atomic mass is 9.95. The van der Waals surface area contributed by atoms with Gasteiger partial charge in [0.05, 0.1) is 11.9 Å². The van der Waals surface area contributed by atoms with Crippen LogP contribution >= 0.6 is 11.8 Å². The Morgan fingerprint density at radius 1 is 1.42 bits per heavy atom. The highest BCUT2D eigenvalue weighted by Gasteiger charge is 2.37. The van der Waals surface area contributed by atoms with Gasteiger partial charge in [-0.3, -0.25) is 4.79 Å². The molecule has 0 spiro atoms. The van der Waals surface area contributed by atoms with Gasteiger partial charge in [-0.2, -0.15) is 11.8 Å². The second-order valence-corrected chi connectivity index (χ2v) is 8.23. The Balaban J connectivity index is 1.71. The second kappa shape index (κ2) is 7.31. The summed E-state index contributed by atoms with van der Waals surface area (Å²) in [6, 6.07) is 2.47. The number of hydrogen-bond acceptors (Lipinski definition) is 5. The Kier molecular flexibility index (Phi) is 5.35. The van der Waals surface area contributed by atoms with Crippen molar-refractivity contribution in [1.82, 2.24) is 4.98 Å². The lowest BCUT2D eigenvalue weighted by molar-refractivity contribution is -0.134. The van der Waals surface area contributed by atoms with Crippen LogP contribution < -0.4 is 10.2 Å². The Morgan fingerprint density at radius 3 is 2.83 bits per heavy atom. The highest BCUT2D eigenvalue weighted by molar-refractivity contribution is 7.99. The van der Waals surface area contributed by atoms with Gasteiger partial charge in [-0.15, -0.1) is 0 Å². The number of amides is 1. The maximum Gasteiger partial charge on any atom is 0.256 e. The van der Waals surface area contributed by atoms with Crippen molar-refractivity contribution in [3.63, 3.8) is 0 Å². The number of aryl methyl sites for hydroxylation is 1. The third kappa shape index (κ3) is 3.70. The molecule has 2 saturated heterocycles. The van der Waals surface area contributed by atoms with E-state index in [1.807, 2.05) is 13.0 Å². The van der Waals surface area contributed by atoms with Gasteiger partial charge < -0.3 is 15.3 Å². The molecule has 1 atom stereocenters. The number of rotatable bonds is 3. The molecule has 0 bridgehead atoms. The predicted octanol–water partition coefficient (Wildman–Crippen LogP) is 2.97. The monoisotopic (exact) mass is 349 g/mol. The van der Waals surface area contributed by atoms with Crippen molar-refractivity contribution >= 4 is 29.2 Å². The molecule has 0 unspecified atom stereocenters. The number of nitrogens with one attached hydrogen (secondary N) is 1. The van der Waals surface area contributed by atoms with Crippen LogP contribution in [0, 0.1) is 6.92 Å². The zero-order valence-electron chi connectivity index (χ0n) is 14.5. The molecule has 2 fully saturated rings. The molecule has 2 aliphatic heterocycles. The molecule has 2 aliphatic rings. The maximum absolute atomic E-state index is 12.4. The first kappa shape index (κ1) is 17.5. The van der Waals surface area contributed by atoms with E-state index >= 15 is 0 Å². The van der Waals surface area contributed by atoms with E-state index in [0.717, 1.165) is 29.4 Å². The number of hydrogen-bond donors (Lipinski definition) is 2. The molecular formula is C18H27N3O2S. The first-order chi connectivity index (χ1) is 11.5. The topological polar surface area (TPSA) is 65.5 Å². The van der Waals surface area contributed by atoms with Gasteiger partial charge in [0, 0.05) is 12.6 Å². The smallest absolute Gasteiger partial charge is 0.256 e. The third-order valence-corrected chi connectivity index (χ3v) is 6.11. The fraction of sp³-hybridized carbons (Fsp3) is 0.667. The van der Waals surface area contributed by atoms with Crippen LogP contribution in [-0.4, -0.2) is 45.7 Å². The number of carbonyl (C=O) groups is 1. The van der Waals surface area contributed by atoms with Crippen LogP contribution in [0.1, 0.15) is 44.6 Å². The summed E-state index contributed by atoms with van der Waals surface area (Å²) >= 11 is 1.78. The lowest BCUT2D eigenvalue weighted by Crippen LogP contribution is -2.45. The molecule has 0 aromatic carbocycles. The summed E-state index contributed by atoms with van der Waals surface area (Å²) in [5, 5.41) is 13.4. The normalized spacial score (nSPS) is 23.8. The molecule has 1 amide bonds. The van der Waals surface area contributed by atoms with Gasteiger partial charge in [0.15, 0.2) is 0 Å². The standard InChI is InChI=1S/C18H27N3O2S/c1-13-11-15(20-17(22)18(23)6-9-24-10-7-18)12-19-16(13)21-8-4-3-5-14(21)2/h11-12,14,23H,3-10H2,1-2H3,(H,20,22)/t14-/m1/s1. The average Bonchev–Trinajstić information content (AvgIpc) is 2.57. The molecule has 5 nitrogen and oxygen atoms in total. The predicted molar refractivity (Wildman–Crippen MR) is 99.8 cm³/mol. The minimum Gasteiger partial charge on any atom is -0.380 e. The summed E-state index contributed by atoms with van der Waals surface area (Å²) in [5.41, 5.74) is 0.490. The zero-order valence-corrected chi connectivity index (χ0v) is 15.4. The van der Waals surface area contributed by atoms with Gasteiger partial charge in [0.25, 0.3) is 5.91 Å². The van der Waals surface area contributed by atoms with Gasteiger partial charge in [0.2, 0.25) is 0 Å². The number of aromatic nitrogens is 1. The molecule has 3 heterocycles. The first-order valence-corrected chi connectivity index (χ1v) is 10.00.